The molecule has 3 aromatic rings. The molecule has 1 N–H and O–H groups in total. The number of ether oxygens (including phenoxy) is 2. The van der Waals surface area contributed by atoms with Gasteiger partial charge in [-0.1, -0.05) is 58.0 Å². The van der Waals surface area contributed by atoms with Crippen LogP contribution in [-0.2, 0) is 27.8 Å². The van der Waals surface area contributed by atoms with E-state index >= 15 is 0 Å². The molecule has 0 fully saturated rings. The van der Waals surface area contributed by atoms with Crippen LogP contribution in [0.2, 0.25) is 0 Å². The summed E-state index contributed by atoms with van der Waals surface area (Å²) in [5.41, 5.74) is 1.81. The van der Waals surface area contributed by atoms with Gasteiger partial charge in [0.2, 0.25) is 0 Å². The normalized spacial score (nSPS) is 12.8. The first-order chi connectivity index (χ1) is 15.7. The zero-order valence-electron chi connectivity index (χ0n) is 20.3. The molecule has 0 spiro atoms. The number of aromatic nitrogens is 1. The lowest BCUT2D eigenvalue weighted by atomic mass is 9.97. The van der Waals surface area contributed by atoms with Gasteiger partial charge in [-0.15, -0.1) is 0 Å². The molecule has 0 aliphatic rings. The van der Waals surface area contributed by atoms with E-state index < -0.39 is 12.1 Å². The van der Waals surface area contributed by atoms with E-state index in [1.54, 1.807) is 0 Å². The van der Waals surface area contributed by atoms with Crippen molar-refractivity contribution >= 4 is 16.7 Å². The Hall–Kier alpha value is -2.86. The van der Waals surface area contributed by atoms with Gasteiger partial charge in [-0.2, -0.15) is 0 Å². The standard InChI is InChI=1S/C27H35NO5/c1-6-15-31-24(25(29)30)17-19-13-14-23(21-11-8-7-10-20(19)21)32-16-9-12-22-18(2)33-26(28-22)27(3,4)5/h7-8,10-11,13-14,24H,6,9,12,15-17H2,1-5H3,(H,29,30). The molecule has 6 nitrogen and oxygen atoms in total. The number of hydrogen-bond acceptors (Lipinski definition) is 5. The van der Waals surface area contributed by atoms with Gasteiger partial charge in [0, 0.05) is 23.8 Å². The van der Waals surface area contributed by atoms with Crippen LogP contribution in [0.25, 0.3) is 10.8 Å². The zero-order valence-corrected chi connectivity index (χ0v) is 20.3. The van der Waals surface area contributed by atoms with Crippen molar-refractivity contribution in [1.82, 2.24) is 4.98 Å². The van der Waals surface area contributed by atoms with E-state index in [4.69, 9.17) is 13.9 Å². The summed E-state index contributed by atoms with van der Waals surface area (Å²) in [5, 5.41) is 11.5. The fourth-order valence-corrected chi connectivity index (χ4v) is 3.72. The molecular weight excluding hydrogens is 418 g/mol. The molecule has 0 aliphatic carbocycles. The molecule has 1 atom stereocenters. The third-order valence-electron chi connectivity index (χ3n) is 5.53. The van der Waals surface area contributed by atoms with E-state index in [0.717, 1.165) is 58.7 Å². The molecule has 6 heteroatoms. The van der Waals surface area contributed by atoms with E-state index in [1.165, 1.54) is 0 Å². The van der Waals surface area contributed by atoms with Crippen LogP contribution < -0.4 is 4.74 Å². The Bertz CT molecular complexity index is 1080. The van der Waals surface area contributed by atoms with Crippen LogP contribution in [0.4, 0.5) is 0 Å². The van der Waals surface area contributed by atoms with E-state index in [-0.39, 0.29) is 5.41 Å². The number of benzene rings is 2. The summed E-state index contributed by atoms with van der Waals surface area (Å²) in [6.45, 7) is 11.2. The third kappa shape index (κ3) is 6.35. The minimum atomic E-state index is -0.939. The number of rotatable bonds is 11. The first-order valence-electron chi connectivity index (χ1n) is 11.6. The van der Waals surface area contributed by atoms with Gasteiger partial charge in [0.15, 0.2) is 12.0 Å². The number of fused-ring (bicyclic) bond motifs is 1. The molecule has 0 bridgehead atoms. The fourth-order valence-electron chi connectivity index (χ4n) is 3.72. The van der Waals surface area contributed by atoms with Crippen molar-refractivity contribution in [3.8, 4) is 5.75 Å². The van der Waals surface area contributed by atoms with Crippen molar-refractivity contribution in [2.24, 2.45) is 0 Å². The Labute approximate surface area is 195 Å². The van der Waals surface area contributed by atoms with E-state index in [1.807, 2.05) is 50.2 Å². The SMILES string of the molecule is CCCOC(Cc1ccc(OCCCc2nc(C(C)(C)C)oc2C)c2ccccc12)C(=O)O. The Kier molecular flexibility index (Phi) is 8.14. The zero-order chi connectivity index (χ0) is 24.0. The summed E-state index contributed by atoms with van der Waals surface area (Å²) < 4.78 is 17.5. The Balaban J connectivity index is 1.68. The number of nitrogens with zero attached hydrogens (tertiary/aromatic N) is 1. The monoisotopic (exact) mass is 453 g/mol. The predicted octanol–water partition coefficient (Wildman–Crippen LogP) is 5.87. The van der Waals surface area contributed by atoms with Crippen LogP contribution in [-0.4, -0.2) is 35.4 Å². The summed E-state index contributed by atoms with van der Waals surface area (Å²) in [6, 6.07) is 11.8. The highest BCUT2D eigenvalue weighted by molar-refractivity contribution is 5.91. The second-order valence-corrected chi connectivity index (χ2v) is 9.39. The maximum atomic E-state index is 11.6. The largest absolute Gasteiger partial charge is 0.493 e. The summed E-state index contributed by atoms with van der Waals surface area (Å²) >= 11 is 0. The van der Waals surface area contributed by atoms with E-state index in [9.17, 15) is 9.90 Å². The molecule has 1 aromatic heterocycles. The summed E-state index contributed by atoms with van der Waals surface area (Å²) in [4.78, 5) is 16.3. The number of carbonyl (C=O) groups is 1. The van der Waals surface area contributed by atoms with Crippen LogP contribution in [0.5, 0.6) is 5.75 Å². The fraction of sp³-hybridized carbons (Fsp3) is 0.481. The molecule has 178 valence electrons. The van der Waals surface area contributed by atoms with Gasteiger partial charge in [0.25, 0.3) is 0 Å². The number of oxazole rings is 1. The van der Waals surface area contributed by atoms with Crippen LogP contribution >= 0.6 is 0 Å². The van der Waals surface area contributed by atoms with Crippen molar-refractivity contribution in [3.63, 3.8) is 0 Å². The maximum absolute atomic E-state index is 11.6. The Morgan fingerprint density at radius 3 is 2.48 bits per heavy atom. The van der Waals surface area contributed by atoms with Crippen molar-refractivity contribution in [2.75, 3.05) is 13.2 Å². The smallest absolute Gasteiger partial charge is 0.333 e. The summed E-state index contributed by atoms with van der Waals surface area (Å²) in [5.74, 6) is 1.49. The highest BCUT2D eigenvalue weighted by Gasteiger charge is 2.22. The van der Waals surface area contributed by atoms with Crippen LogP contribution in [0.3, 0.4) is 0 Å². The molecule has 0 radical (unpaired) electrons. The van der Waals surface area contributed by atoms with Crippen LogP contribution in [0, 0.1) is 6.92 Å². The highest BCUT2D eigenvalue weighted by Crippen LogP contribution is 2.30. The lowest BCUT2D eigenvalue weighted by molar-refractivity contribution is -0.150. The predicted molar refractivity (Wildman–Crippen MR) is 129 cm³/mol. The average molecular weight is 454 g/mol. The second-order valence-electron chi connectivity index (χ2n) is 9.39. The topological polar surface area (TPSA) is 81.8 Å². The number of aliphatic carboxylic acids is 1. The second kappa shape index (κ2) is 10.8. The first kappa shape index (κ1) is 24.8. The van der Waals surface area contributed by atoms with Gasteiger partial charge in [-0.25, -0.2) is 9.78 Å². The maximum Gasteiger partial charge on any atom is 0.333 e. The lowest BCUT2D eigenvalue weighted by Crippen LogP contribution is -2.26. The third-order valence-corrected chi connectivity index (χ3v) is 5.53. The molecular formula is C27H35NO5. The minimum Gasteiger partial charge on any atom is -0.493 e. The molecule has 0 saturated carbocycles. The Morgan fingerprint density at radius 2 is 1.85 bits per heavy atom. The van der Waals surface area contributed by atoms with Crippen molar-refractivity contribution < 1.29 is 23.8 Å². The van der Waals surface area contributed by atoms with Gasteiger partial charge in [0.1, 0.15) is 11.5 Å². The number of hydrogen-bond donors (Lipinski definition) is 1. The molecule has 33 heavy (non-hydrogen) atoms. The molecule has 0 amide bonds. The molecule has 2 aromatic carbocycles. The van der Waals surface area contributed by atoms with Crippen LogP contribution in [0.15, 0.2) is 40.8 Å². The average Bonchev–Trinajstić information content (AvgIpc) is 3.15. The number of carboxylic acids is 1. The summed E-state index contributed by atoms with van der Waals surface area (Å²) in [6.07, 6.45) is 1.85. The van der Waals surface area contributed by atoms with Crippen LogP contribution in [0.1, 0.15) is 63.4 Å². The van der Waals surface area contributed by atoms with Gasteiger partial charge in [0.05, 0.1) is 12.3 Å². The molecule has 1 unspecified atom stereocenters. The van der Waals surface area contributed by atoms with Crippen molar-refractivity contribution in [2.45, 2.75) is 71.8 Å². The van der Waals surface area contributed by atoms with Gasteiger partial charge < -0.3 is 19.0 Å². The molecule has 1 heterocycles. The van der Waals surface area contributed by atoms with Gasteiger partial charge in [-0.3, -0.25) is 0 Å². The molecule has 3 rings (SSSR count). The van der Waals surface area contributed by atoms with E-state index in [2.05, 4.69) is 25.8 Å². The van der Waals surface area contributed by atoms with E-state index in [0.29, 0.717) is 19.6 Å². The molecule has 0 saturated heterocycles. The molecule has 0 aliphatic heterocycles. The van der Waals surface area contributed by atoms with Crippen molar-refractivity contribution in [1.29, 1.82) is 0 Å². The van der Waals surface area contributed by atoms with Gasteiger partial charge in [-0.05, 0) is 43.2 Å². The lowest BCUT2D eigenvalue weighted by Gasteiger charge is -2.16. The summed E-state index contributed by atoms with van der Waals surface area (Å²) in [7, 11) is 0. The first-order valence-corrected chi connectivity index (χ1v) is 11.6. The van der Waals surface area contributed by atoms with Gasteiger partial charge >= 0.3 is 5.97 Å². The number of carboxylic acid groups (broad SMARTS) is 1. The quantitative estimate of drug-likeness (QED) is 0.366. The minimum absolute atomic E-state index is 0.110. The highest BCUT2D eigenvalue weighted by atomic mass is 16.5. The Morgan fingerprint density at radius 1 is 1.12 bits per heavy atom. The number of aryl methyl sites for hydroxylation is 2. The van der Waals surface area contributed by atoms with Crippen molar-refractivity contribution in [3.05, 3.63) is 59.3 Å².